The molecule has 0 aromatic heterocycles. The SMILES string of the molecule is COc1cc(NC(C)=O)ccc1NCCCCCO. The van der Waals surface area contributed by atoms with Crippen molar-refractivity contribution in [1.29, 1.82) is 0 Å². The number of carbonyl (C=O) groups is 1. The second kappa shape index (κ2) is 8.37. The summed E-state index contributed by atoms with van der Waals surface area (Å²) in [4.78, 5) is 11.0. The predicted molar refractivity (Wildman–Crippen MR) is 76.7 cm³/mol. The minimum absolute atomic E-state index is 0.105. The first-order valence-electron chi connectivity index (χ1n) is 6.47. The average molecular weight is 266 g/mol. The molecule has 0 heterocycles. The van der Waals surface area contributed by atoms with Gasteiger partial charge >= 0.3 is 0 Å². The van der Waals surface area contributed by atoms with Gasteiger partial charge in [-0.1, -0.05) is 0 Å². The standard InChI is InChI=1S/C14H22N2O3/c1-11(18)16-12-6-7-13(14(10-12)19-2)15-8-4-3-5-9-17/h6-7,10,15,17H,3-5,8-9H2,1-2H3,(H,16,18). The number of aliphatic hydroxyl groups is 1. The monoisotopic (exact) mass is 266 g/mol. The van der Waals surface area contributed by atoms with Crippen LogP contribution in [0.25, 0.3) is 0 Å². The quantitative estimate of drug-likeness (QED) is 0.631. The van der Waals surface area contributed by atoms with Crippen LogP contribution in [0.1, 0.15) is 26.2 Å². The first-order valence-corrected chi connectivity index (χ1v) is 6.47. The summed E-state index contributed by atoms with van der Waals surface area (Å²) in [6, 6.07) is 5.51. The summed E-state index contributed by atoms with van der Waals surface area (Å²) < 4.78 is 5.29. The molecular formula is C14H22N2O3. The summed E-state index contributed by atoms with van der Waals surface area (Å²) in [6.45, 7) is 2.55. The van der Waals surface area contributed by atoms with E-state index in [0.717, 1.165) is 37.2 Å². The summed E-state index contributed by atoms with van der Waals surface area (Å²) in [7, 11) is 1.60. The van der Waals surface area contributed by atoms with Crippen molar-refractivity contribution in [2.24, 2.45) is 0 Å². The maximum absolute atomic E-state index is 11.0. The Labute approximate surface area is 114 Å². The topological polar surface area (TPSA) is 70.6 Å². The number of unbranched alkanes of at least 4 members (excludes halogenated alkanes) is 2. The van der Waals surface area contributed by atoms with Crippen LogP contribution in [0.4, 0.5) is 11.4 Å². The van der Waals surface area contributed by atoms with Gasteiger partial charge in [-0.25, -0.2) is 0 Å². The molecule has 0 bridgehead atoms. The molecule has 0 aliphatic carbocycles. The molecule has 0 spiro atoms. The van der Waals surface area contributed by atoms with E-state index in [0.29, 0.717) is 5.75 Å². The number of anilines is 2. The van der Waals surface area contributed by atoms with Crippen LogP contribution in [0.2, 0.25) is 0 Å². The number of methoxy groups -OCH3 is 1. The van der Waals surface area contributed by atoms with Crippen LogP contribution in [0.3, 0.4) is 0 Å². The van der Waals surface area contributed by atoms with Gasteiger partial charge in [0.15, 0.2) is 0 Å². The van der Waals surface area contributed by atoms with E-state index < -0.39 is 0 Å². The Morgan fingerprint density at radius 3 is 2.74 bits per heavy atom. The zero-order valence-corrected chi connectivity index (χ0v) is 11.5. The lowest BCUT2D eigenvalue weighted by molar-refractivity contribution is -0.114. The smallest absolute Gasteiger partial charge is 0.221 e. The zero-order valence-electron chi connectivity index (χ0n) is 11.5. The fourth-order valence-electron chi connectivity index (χ4n) is 1.75. The number of aliphatic hydroxyl groups excluding tert-OH is 1. The molecule has 0 saturated carbocycles. The van der Waals surface area contributed by atoms with Gasteiger partial charge in [0.05, 0.1) is 12.8 Å². The molecule has 1 aromatic rings. The van der Waals surface area contributed by atoms with Crippen molar-refractivity contribution in [1.82, 2.24) is 0 Å². The third kappa shape index (κ3) is 5.61. The van der Waals surface area contributed by atoms with Gasteiger partial charge in [0.25, 0.3) is 0 Å². The summed E-state index contributed by atoms with van der Waals surface area (Å²) in [6.07, 6.45) is 2.83. The van der Waals surface area contributed by atoms with E-state index in [1.165, 1.54) is 6.92 Å². The van der Waals surface area contributed by atoms with Gasteiger partial charge < -0.3 is 20.5 Å². The Balaban J connectivity index is 2.55. The van der Waals surface area contributed by atoms with Crippen LogP contribution in [0.5, 0.6) is 5.75 Å². The Morgan fingerprint density at radius 2 is 2.11 bits per heavy atom. The highest BCUT2D eigenvalue weighted by Crippen LogP contribution is 2.27. The summed E-state index contributed by atoms with van der Waals surface area (Å²) >= 11 is 0. The van der Waals surface area contributed by atoms with Crippen molar-refractivity contribution in [2.75, 3.05) is 30.9 Å². The predicted octanol–water partition coefficient (Wildman–Crippen LogP) is 2.23. The number of amides is 1. The van der Waals surface area contributed by atoms with E-state index in [4.69, 9.17) is 9.84 Å². The molecule has 0 atom stereocenters. The third-order valence-corrected chi connectivity index (χ3v) is 2.67. The van der Waals surface area contributed by atoms with Gasteiger partial charge in [-0.3, -0.25) is 4.79 Å². The van der Waals surface area contributed by atoms with Crippen LogP contribution in [-0.4, -0.2) is 31.3 Å². The molecule has 0 unspecified atom stereocenters. The molecule has 0 saturated heterocycles. The number of carbonyl (C=O) groups excluding carboxylic acids is 1. The normalized spacial score (nSPS) is 10.1. The van der Waals surface area contributed by atoms with Crippen LogP contribution in [0, 0.1) is 0 Å². The number of hydrogen-bond donors (Lipinski definition) is 3. The van der Waals surface area contributed by atoms with E-state index in [1.807, 2.05) is 12.1 Å². The largest absolute Gasteiger partial charge is 0.495 e. The molecule has 0 radical (unpaired) electrons. The average Bonchev–Trinajstić information content (AvgIpc) is 2.39. The minimum atomic E-state index is -0.105. The molecule has 1 amide bonds. The van der Waals surface area contributed by atoms with Gasteiger partial charge in [0, 0.05) is 31.8 Å². The van der Waals surface area contributed by atoms with E-state index >= 15 is 0 Å². The maximum Gasteiger partial charge on any atom is 0.221 e. The highest BCUT2D eigenvalue weighted by atomic mass is 16.5. The lowest BCUT2D eigenvalue weighted by Crippen LogP contribution is -2.07. The fraction of sp³-hybridized carbons (Fsp3) is 0.500. The Kier molecular flexibility index (Phi) is 6.74. The van der Waals surface area contributed by atoms with Gasteiger partial charge in [0.1, 0.15) is 5.75 Å². The van der Waals surface area contributed by atoms with E-state index in [9.17, 15) is 4.79 Å². The van der Waals surface area contributed by atoms with Gasteiger partial charge in [-0.05, 0) is 31.4 Å². The van der Waals surface area contributed by atoms with Crippen molar-refractivity contribution in [3.05, 3.63) is 18.2 Å². The van der Waals surface area contributed by atoms with Crippen LogP contribution < -0.4 is 15.4 Å². The second-order valence-electron chi connectivity index (χ2n) is 4.31. The molecular weight excluding hydrogens is 244 g/mol. The highest BCUT2D eigenvalue weighted by molar-refractivity contribution is 5.89. The molecule has 19 heavy (non-hydrogen) atoms. The van der Waals surface area contributed by atoms with Crippen molar-refractivity contribution in [3.8, 4) is 5.75 Å². The Bertz CT molecular complexity index is 408. The highest BCUT2D eigenvalue weighted by Gasteiger charge is 2.04. The number of hydrogen-bond acceptors (Lipinski definition) is 4. The van der Waals surface area contributed by atoms with E-state index in [1.54, 1.807) is 13.2 Å². The maximum atomic E-state index is 11.0. The molecule has 5 heteroatoms. The van der Waals surface area contributed by atoms with Crippen molar-refractivity contribution in [3.63, 3.8) is 0 Å². The lowest BCUT2D eigenvalue weighted by Gasteiger charge is -2.12. The number of nitrogens with one attached hydrogen (secondary N) is 2. The van der Waals surface area contributed by atoms with E-state index in [-0.39, 0.29) is 12.5 Å². The number of benzene rings is 1. The molecule has 0 aliphatic rings. The van der Waals surface area contributed by atoms with Gasteiger partial charge in [0.2, 0.25) is 5.91 Å². The molecule has 3 N–H and O–H groups in total. The molecule has 0 fully saturated rings. The van der Waals surface area contributed by atoms with Crippen molar-refractivity contribution < 1.29 is 14.6 Å². The third-order valence-electron chi connectivity index (χ3n) is 2.67. The lowest BCUT2D eigenvalue weighted by atomic mass is 10.2. The Hall–Kier alpha value is -1.75. The van der Waals surface area contributed by atoms with Crippen LogP contribution >= 0.6 is 0 Å². The molecule has 106 valence electrons. The molecule has 1 rings (SSSR count). The summed E-state index contributed by atoms with van der Waals surface area (Å²) in [5, 5.41) is 14.7. The summed E-state index contributed by atoms with van der Waals surface area (Å²) in [5.41, 5.74) is 1.62. The fourth-order valence-corrected chi connectivity index (χ4v) is 1.75. The van der Waals surface area contributed by atoms with Crippen molar-refractivity contribution >= 4 is 17.3 Å². The first kappa shape index (κ1) is 15.3. The summed E-state index contributed by atoms with van der Waals surface area (Å²) in [5.74, 6) is 0.597. The van der Waals surface area contributed by atoms with Crippen LogP contribution in [0.15, 0.2) is 18.2 Å². The van der Waals surface area contributed by atoms with Crippen LogP contribution in [-0.2, 0) is 4.79 Å². The molecule has 1 aromatic carbocycles. The molecule has 0 aliphatic heterocycles. The van der Waals surface area contributed by atoms with E-state index in [2.05, 4.69) is 10.6 Å². The Morgan fingerprint density at radius 1 is 1.32 bits per heavy atom. The second-order valence-corrected chi connectivity index (χ2v) is 4.31. The van der Waals surface area contributed by atoms with Gasteiger partial charge in [-0.2, -0.15) is 0 Å². The van der Waals surface area contributed by atoms with Crippen molar-refractivity contribution in [2.45, 2.75) is 26.2 Å². The number of ether oxygens (including phenoxy) is 1. The number of rotatable bonds is 8. The zero-order chi connectivity index (χ0) is 14.1. The first-order chi connectivity index (χ1) is 9.17. The minimum Gasteiger partial charge on any atom is -0.495 e. The van der Waals surface area contributed by atoms with Gasteiger partial charge in [-0.15, -0.1) is 0 Å². The molecule has 5 nitrogen and oxygen atoms in total.